The van der Waals surface area contributed by atoms with E-state index >= 15 is 0 Å². The van der Waals surface area contributed by atoms with Crippen LogP contribution >= 0.6 is 0 Å². The van der Waals surface area contributed by atoms with Gasteiger partial charge in [-0.25, -0.2) is 0 Å². The molecule has 0 aliphatic carbocycles. The van der Waals surface area contributed by atoms with Crippen LogP contribution in [-0.4, -0.2) is 14.5 Å². The van der Waals surface area contributed by atoms with Gasteiger partial charge in [-0.15, -0.1) is 11.1 Å². The Kier molecular flexibility index (Phi) is 4.68. The smallest absolute Gasteiger partial charge is 0.0767 e. The molecule has 6 heteroatoms. The zero-order chi connectivity index (χ0) is 9.59. The van der Waals surface area contributed by atoms with Crippen molar-refractivity contribution in [3.8, 4) is 0 Å². The van der Waals surface area contributed by atoms with Crippen molar-refractivity contribution in [1.29, 1.82) is 0 Å². The second-order valence-corrected chi connectivity index (χ2v) is 2.61. The summed E-state index contributed by atoms with van der Waals surface area (Å²) >= 11 is 0. The molecule has 0 saturated heterocycles. The monoisotopic (exact) mass is 436 g/mol. The predicted octanol–water partition coefficient (Wildman–Crippen LogP) is 0.151. The molecule has 1 radical (unpaired) electrons. The Morgan fingerprint density at radius 3 is 2.79 bits per heavy atom. The molecule has 0 aliphatic heterocycles. The van der Waals surface area contributed by atoms with Crippen LogP contribution in [0, 0.1) is 13.3 Å². The van der Waals surface area contributed by atoms with Gasteiger partial charge in [0, 0.05) is 60.1 Å². The molecule has 4 nitrogen and oxygen atoms in total. The Morgan fingerprint density at radius 2 is 2.21 bits per heavy atom. The van der Waals surface area contributed by atoms with Gasteiger partial charge in [0.1, 0.15) is 0 Å². The Labute approximate surface area is 122 Å². The average Bonchev–Trinajstić information content (AvgIpc) is 2.33. The van der Waals surface area contributed by atoms with E-state index in [0.29, 0.717) is 16.7 Å². The maximum Gasteiger partial charge on any atom is 0.0767 e. The van der Waals surface area contributed by atoms with Crippen molar-refractivity contribution in [1.82, 2.24) is 14.5 Å². The molecule has 0 N–H and O–H groups in total. The maximum absolute atomic E-state index is 11.5. The van der Waals surface area contributed by atoms with E-state index in [9.17, 15) is 4.79 Å². The van der Waals surface area contributed by atoms with Gasteiger partial charge in [-0.3, -0.25) is 0 Å². The first-order chi connectivity index (χ1) is 6.13. The molecule has 0 atom stereocenters. The zero-order valence-corrected chi connectivity index (χ0v) is 13.5. The molecular formula is C8H7N3OWY-2. The van der Waals surface area contributed by atoms with Crippen molar-refractivity contribution in [3.05, 3.63) is 28.4 Å². The summed E-state index contributed by atoms with van der Waals surface area (Å²) in [5, 5.41) is 0.422. The standard InChI is InChI=1S/C8H7N3O.W.Y/c1-5-7-6(12)3-11(2)8(7)10-4-9-5;;/h3H,1-2H3;;/q-2;;/i3T;;. The molecule has 0 saturated carbocycles. The third kappa shape index (κ3) is 2.23. The third-order valence-corrected chi connectivity index (χ3v) is 1.77. The first-order valence-corrected chi connectivity index (χ1v) is 3.49. The first-order valence-electron chi connectivity index (χ1n) is 3.99. The number of rotatable bonds is 0. The van der Waals surface area contributed by atoms with Gasteiger partial charge in [-0.2, -0.15) is 0 Å². The minimum Gasteiger partial charge on any atom is -0.448 e. The number of hydrogen-bond acceptors (Lipinski definition) is 3. The van der Waals surface area contributed by atoms with Crippen molar-refractivity contribution >= 4 is 11.0 Å². The molecule has 14 heavy (non-hydrogen) atoms. The van der Waals surface area contributed by atoms with Crippen LogP contribution in [-0.2, 0) is 60.8 Å². The Morgan fingerprint density at radius 1 is 1.57 bits per heavy atom. The number of aromatic nitrogens is 3. The van der Waals surface area contributed by atoms with E-state index in [1.54, 1.807) is 14.0 Å². The molecule has 0 bridgehead atoms. The van der Waals surface area contributed by atoms with Crippen LogP contribution in [0.3, 0.4) is 0 Å². The Bertz CT molecular complexity index is 536. The van der Waals surface area contributed by atoms with E-state index in [-0.39, 0.29) is 65.4 Å². The van der Waals surface area contributed by atoms with Gasteiger partial charge in [0.25, 0.3) is 0 Å². The van der Waals surface area contributed by atoms with Crippen molar-refractivity contribution < 1.29 is 55.1 Å². The van der Waals surface area contributed by atoms with Crippen LogP contribution in [0.5, 0.6) is 0 Å². The van der Waals surface area contributed by atoms with Crippen LogP contribution in [0.15, 0.2) is 11.0 Å². The molecule has 0 unspecified atom stereocenters. The largest absolute Gasteiger partial charge is 0.448 e. The van der Waals surface area contributed by atoms with Gasteiger partial charge in [0.05, 0.1) is 5.43 Å². The van der Waals surface area contributed by atoms with Crippen molar-refractivity contribution in [2.75, 3.05) is 0 Å². The first kappa shape index (κ1) is 12.3. The number of fused-ring (bicyclic) bond motifs is 1. The van der Waals surface area contributed by atoms with Crippen molar-refractivity contribution in [2.24, 2.45) is 7.05 Å². The number of aryl methyl sites for hydroxylation is 2. The van der Waals surface area contributed by atoms with E-state index in [1.807, 2.05) is 0 Å². The molecule has 2 aromatic rings. The molecule has 2 heterocycles. The topological polar surface area (TPSA) is 47.8 Å². The maximum atomic E-state index is 11.5. The van der Waals surface area contributed by atoms with Gasteiger partial charge in [0.2, 0.25) is 0 Å². The van der Waals surface area contributed by atoms with E-state index in [2.05, 4.69) is 16.3 Å². The SMILES string of the molecule is [3H][c-]1c(=O)c2c(C)n[c-]nc2n1C.[W].[Y]. The van der Waals surface area contributed by atoms with Crippen molar-refractivity contribution in [2.45, 2.75) is 6.92 Å². The van der Waals surface area contributed by atoms with Gasteiger partial charge >= 0.3 is 0 Å². The van der Waals surface area contributed by atoms with Crippen LogP contribution < -0.4 is 5.43 Å². The number of nitrogens with zero attached hydrogens (tertiary/aromatic N) is 3. The van der Waals surface area contributed by atoms with E-state index < -0.39 is 0 Å². The van der Waals surface area contributed by atoms with Crippen LogP contribution in [0.2, 0.25) is 0 Å². The van der Waals surface area contributed by atoms with Crippen LogP contribution in [0.4, 0.5) is 0 Å². The molecule has 2 rings (SSSR count). The fourth-order valence-electron chi connectivity index (χ4n) is 1.19. The quantitative estimate of drug-likeness (QED) is 0.554. The second-order valence-electron chi connectivity index (χ2n) is 2.61. The molecule has 0 aliphatic rings. The fraction of sp³-hybridized carbons (Fsp3) is 0.250. The van der Waals surface area contributed by atoms with Crippen LogP contribution in [0.25, 0.3) is 11.0 Å². The van der Waals surface area contributed by atoms with E-state index in [0.717, 1.165) is 0 Å². The van der Waals surface area contributed by atoms with Crippen LogP contribution in [0.1, 0.15) is 7.06 Å². The van der Waals surface area contributed by atoms with Gasteiger partial charge < -0.3 is 19.3 Å². The molecule has 0 aromatic carbocycles. The molecule has 2 aromatic heterocycles. The van der Waals surface area contributed by atoms with Gasteiger partial charge in [0.15, 0.2) is 0 Å². The summed E-state index contributed by atoms with van der Waals surface area (Å²) in [6.45, 7) is 1.71. The third-order valence-electron chi connectivity index (χ3n) is 1.77. The molecule has 71 valence electrons. The minimum atomic E-state index is -0.316. The van der Waals surface area contributed by atoms with Gasteiger partial charge in [-0.05, 0) is 14.1 Å². The molecule has 0 fully saturated rings. The average molecular weight is 436 g/mol. The summed E-state index contributed by atoms with van der Waals surface area (Å²) in [6.07, 6.45) is 2.38. The molecule has 0 spiro atoms. The summed E-state index contributed by atoms with van der Waals surface area (Å²) < 4.78 is 8.87. The predicted molar refractivity (Wildman–Crippen MR) is 43.9 cm³/mol. The van der Waals surface area contributed by atoms with Gasteiger partial charge in [-0.1, -0.05) is 13.1 Å². The fourth-order valence-corrected chi connectivity index (χ4v) is 1.19. The van der Waals surface area contributed by atoms with Crippen molar-refractivity contribution in [3.63, 3.8) is 0 Å². The summed E-state index contributed by atoms with van der Waals surface area (Å²) in [5.74, 6) is 0. The summed E-state index contributed by atoms with van der Waals surface area (Å²) in [5.41, 5.74) is 0.732. The summed E-state index contributed by atoms with van der Waals surface area (Å²) in [4.78, 5) is 19.1. The van der Waals surface area contributed by atoms with E-state index in [4.69, 9.17) is 1.37 Å². The van der Waals surface area contributed by atoms with E-state index in [1.165, 1.54) is 4.57 Å². The summed E-state index contributed by atoms with van der Waals surface area (Å²) in [7, 11) is 1.63. The Balaban J connectivity index is 0.000000980. The Hall–Kier alpha value is 0.212. The minimum absolute atomic E-state index is 0. The zero-order valence-electron chi connectivity index (χ0n) is 8.74. The normalized spacial score (nSPS) is 10.3. The molecular weight excluding hydrogens is 427 g/mol. The summed E-state index contributed by atoms with van der Waals surface area (Å²) in [6, 6.07) is 0. The second kappa shape index (κ2) is 5.34. The molecule has 0 amide bonds. The number of hydrogen-bond donors (Lipinski definition) is 0.